The Hall–Kier alpha value is -1.98. The highest BCUT2D eigenvalue weighted by Gasteiger charge is 2.16. The van der Waals surface area contributed by atoms with E-state index < -0.39 is 0 Å². The van der Waals surface area contributed by atoms with Crippen molar-refractivity contribution in [2.24, 2.45) is 0 Å². The van der Waals surface area contributed by atoms with Gasteiger partial charge in [-0.1, -0.05) is 36.4 Å². The molecule has 4 nitrogen and oxygen atoms in total. The van der Waals surface area contributed by atoms with Crippen LogP contribution in [0.15, 0.2) is 54.6 Å². The first-order valence-corrected chi connectivity index (χ1v) is 9.22. The number of amides is 1. The maximum Gasteiger partial charge on any atom is 0.232 e. The van der Waals surface area contributed by atoms with Crippen molar-refractivity contribution in [1.82, 2.24) is 4.90 Å². The fourth-order valence-electron chi connectivity index (χ4n) is 2.49. The molecule has 0 saturated carbocycles. The number of thioether (sulfide) groups is 1. The summed E-state index contributed by atoms with van der Waals surface area (Å²) in [5.74, 6) is 3.08. The van der Waals surface area contributed by atoms with Gasteiger partial charge in [0.25, 0.3) is 0 Å². The molecule has 0 radical (unpaired) electrons. The van der Waals surface area contributed by atoms with Crippen LogP contribution in [0.4, 0.5) is 0 Å². The summed E-state index contributed by atoms with van der Waals surface area (Å²) in [6, 6.07) is 17.7. The van der Waals surface area contributed by atoms with Crippen LogP contribution in [-0.2, 0) is 15.3 Å². The zero-order valence-corrected chi connectivity index (χ0v) is 14.3. The van der Waals surface area contributed by atoms with Crippen LogP contribution in [0.25, 0.3) is 0 Å². The standard InChI is InChI=1S/C19H21NO3S/c21-19(20-10-12-22-13-11-20)15-24-14-16-6-4-5-9-18(16)23-17-7-2-1-3-8-17/h1-9H,10-15H2. The summed E-state index contributed by atoms with van der Waals surface area (Å²) in [6.45, 7) is 2.69. The Bertz CT molecular complexity index is 657. The van der Waals surface area contributed by atoms with Gasteiger partial charge in [-0.2, -0.15) is 0 Å². The molecular weight excluding hydrogens is 322 g/mol. The highest BCUT2D eigenvalue weighted by molar-refractivity contribution is 7.99. The van der Waals surface area contributed by atoms with Crippen molar-refractivity contribution < 1.29 is 14.3 Å². The summed E-state index contributed by atoms with van der Waals surface area (Å²) in [7, 11) is 0. The van der Waals surface area contributed by atoms with Crippen LogP contribution < -0.4 is 4.74 Å². The van der Waals surface area contributed by atoms with E-state index in [2.05, 4.69) is 0 Å². The lowest BCUT2D eigenvalue weighted by atomic mass is 10.2. The number of morpholine rings is 1. The summed E-state index contributed by atoms with van der Waals surface area (Å²) < 4.78 is 11.2. The van der Waals surface area contributed by atoms with Crippen molar-refractivity contribution >= 4 is 17.7 Å². The average molecular weight is 343 g/mol. The molecule has 2 aromatic carbocycles. The molecule has 24 heavy (non-hydrogen) atoms. The second-order valence-electron chi connectivity index (χ2n) is 5.51. The van der Waals surface area contributed by atoms with E-state index in [4.69, 9.17) is 9.47 Å². The number of rotatable bonds is 6. The molecule has 1 aliphatic heterocycles. The monoisotopic (exact) mass is 343 g/mol. The Balaban J connectivity index is 1.54. The molecule has 0 spiro atoms. The van der Waals surface area contributed by atoms with E-state index in [0.717, 1.165) is 22.8 Å². The number of carbonyl (C=O) groups is 1. The molecule has 1 saturated heterocycles. The van der Waals surface area contributed by atoms with Gasteiger partial charge < -0.3 is 14.4 Å². The molecule has 2 aromatic rings. The predicted molar refractivity (Wildman–Crippen MR) is 96.5 cm³/mol. The number of nitrogens with zero attached hydrogens (tertiary/aromatic N) is 1. The minimum atomic E-state index is 0.185. The minimum Gasteiger partial charge on any atom is -0.457 e. The van der Waals surface area contributed by atoms with Gasteiger partial charge in [-0.15, -0.1) is 11.8 Å². The van der Waals surface area contributed by atoms with Crippen LogP contribution in [0.1, 0.15) is 5.56 Å². The Labute approximate surface area is 146 Å². The quantitative estimate of drug-likeness (QED) is 0.804. The lowest BCUT2D eigenvalue weighted by molar-refractivity contribution is -0.132. The molecule has 3 rings (SSSR count). The van der Waals surface area contributed by atoms with E-state index in [-0.39, 0.29) is 5.91 Å². The third-order valence-corrected chi connectivity index (χ3v) is 4.76. The molecule has 1 aliphatic rings. The highest BCUT2D eigenvalue weighted by Crippen LogP contribution is 2.28. The summed E-state index contributed by atoms with van der Waals surface area (Å²) >= 11 is 1.62. The first kappa shape index (κ1) is 16.9. The molecule has 0 bridgehead atoms. The third kappa shape index (κ3) is 4.76. The highest BCUT2D eigenvalue weighted by atomic mass is 32.2. The van der Waals surface area contributed by atoms with Crippen molar-refractivity contribution in [3.05, 3.63) is 60.2 Å². The third-order valence-electron chi connectivity index (χ3n) is 3.79. The maximum atomic E-state index is 12.2. The molecule has 0 unspecified atom stereocenters. The summed E-state index contributed by atoms with van der Waals surface area (Å²) in [5.41, 5.74) is 1.10. The van der Waals surface area contributed by atoms with Crippen LogP contribution >= 0.6 is 11.8 Å². The lowest BCUT2D eigenvalue weighted by Gasteiger charge is -2.26. The number of para-hydroxylation sites is 2. The van der Waals surface area contributed by atoms with E-state index in [1.54, 1.807) is 11.8 Å². The molecule has 1 amide bonds. The number of hydrogen-bond donors (Lipinski definition) is 0. The van der Waals surface area contributed by atoms with Gasteiger partial charge in [-0.25, -0.2) is 0 Å². The minimum absolute atomic E-state index is 0.185. The van der Waals surface area contributed by atoms with E-state index in [0.29, 0.717) is 32.1 Å². The van der Waals surface area contributed by atoms with Crippen molar-refractivity contribution in [3.8, 4) is 11.5 Å². The maximum absolute atomic E-state index is 12.2. The lowest BCUT2D eigenvalue weighted by Crippen LogP contribution is -2.41. The second-order valence-corrected chi connectivity index (χ2v) is 6.49. The molecule has 1 fully saturated rings. The molecule has 5 heteroatoms. The smallest absolute Gasteiger partial charge is 0.232 e. The van der Waals surface area contributed by atoms with Crippen LogP contribution in [0, 0.1) is 0 Å². The van der Waals surface area contributed by atoms with Gasteiger partial charge in [0.1, 0.15) is 11.5 Å². The molecule has 0 aliphatic carbocycles. The van der Waals surface area contributed by atoms with Crippen molar-refractivity contribution in [3.63, 3.8) is 0 Å². The average Bonchev–Trinajstić information content (AvgIpc) is 2.64. The summed E-state index contributed by atoms with van der Waals surface area (Å²) in [5, 5.41) is 0. The van der Waals surface area contributed by atoms with Gasteiger partial charge >= 0.3 is 0 Å². The van der Waals surface area contributed by atoms with Gasteiger partial charge in [0.2, 0.25) is 5.91 Å². The Morgan fingerprint density at radius 1 is 1.04 bits per heavy atom. The zero-order valence-electron chi connectivity index (χ0n) is 13.5. The Morgan fingerprint density at radius 3 is 2.54 bits per heavy atom. The number of hydrogen-bond acceptors (Lipinski definition) is 4. The molecule has 126 valence electrons. The fourth-order valence-corrected chi connectivity index (χ4v) is 3.41. The number of ether oxygens (including phenoxy) is 2. The largest absolute Gasteiger partial charge is 0.457 e. The normalized spacial score (nSPS) is 14.4. The van der Waals surface area contributed by atoms with E-state index in [1.165, 1.54) is 0 Å². The zero-order chi connectivity index (χ0) is 16.6. The number of benzene rings is 2. The molecular formula is C19H21NO3S. The van der Waals surface area contributed by atoms with Gasteiger partial charge in [0.05, 0.1) is 19.0 Å². The predicted octanol–water partition coefficient (Wildman–Crippen LogP) is 3.57. The summed E-state index contributed by atoms with van der Waals surface area (Å²) in [4.78, 5) is 14.1. The van der Waals surface area contributed by atoms with E-state index in [9.17, 15) is 4.79 Å². The molecule has 0 aromatic heterocycles. The van der Waals surface area contributed by atoms with Gasteiger partial charge in [-0.05, 0) is 18.2 Å². The summed E-state index contributed by atoms with van der Waals surface area (Å²) in [6.07, 6.45) is 0. The van der Waals surface area contributed by atoms with Crippen molar-refractivity contribution in [2.45, 2.75) is 5.75 Å². The fraction of sp³-hybridized carbons (Fsp3) is 0.316. The first-order valence-electron chi connectivity index (χ1n) is 8.07. The van der Waals surface area contributed by atoms with E-state index in [1.807, 2.05) is 59.5 Å². The second kappa shape index (κ2) is 8.76. The first-order chi connectivity index (χ1) is 11.8. The Kier molecular flexibility index (Phi) is 6.15. The van der Waals surface area contributed by atoms with Gasteiger partial charge in [0, 0.05) is 24.4 Å². The number of carbonyl (C=O) groups excluding carboxylic acids is 1. The topological polar surface area (TPSA) is 38.8 Å². The van der Waals surface area contributed by atoms with E-state index >= 15 is 0 Å². The van der Waals surface area contributed by atoms with Crippen LogP contribution in [-0.4, -0.2) is 42.9 Å². The molecule has 0 atom stereocenters. The van der Waals surface area contributed by atoms with Gasteiger partial charge in [0.15, 0.2) is 0 Å². The van der Waals surface area contributed by atoms with Crippen molar-refractivity contribution in [1.29, 1.82) is 0 Å². The van der Waals surface area contributed by atoms with Crippen LogP contribution in [0.3, 0.4) is 0 Å². The Morgan fingerprint density at radius 2 is 1.75 bits per heavy atom. The van der Waals surface area contributed by atoms with Crippen LogP contribution in [0.5, 0.6) is 11.5 Å². The van der Waals surface area contributed by atoms with Gasteiger partial charge in [-0.3, -0.25) is 4.79 Å². The SMILES string of the molecule is O=C(CSCc1ccccc1Oc1ccccc1)N1CCOCC1. The molecule has 1 heterocycles. The molecule has 0 N–H and O–H groups in total. The van der Waals surface area contributed by atoms with Crippen LogP contribution in [0.2, 0.25) is 0 Å². The van der Waals surface area contributed by atoms with Crippen molar-refractivity contribution in [2.75, 3.05) is 32.1 Å².